The minimum atomic E-state index is -0.870. The minimum Gasteiger partial charge on any atom is -0.444 e. The van der Waals surface area contributed by atoms with E-state index in [2.05, 4.69) is 0 Å². The number of likely N-dealkylation sites (tertiary alicyclic amines) is 1. The molecule has 0 spiro atoms. The standard InChI is InChI=1S/C15H20ClNO3/c1-14(2,3)20-13(18)17-9-15(19,10-17)8-11-4-6-12(16)7-5-11/h4-7,19H,8-10H2,1-3H3. The van der Waals surface area contributed by atoms with Gasteiger partial charge in [-0.2, -0.15) is 0 Å². The van der Waals surface area contributed by atoms with Crippen molar-refractivity contribution in [1.82, 2.24) is 4.90 Å². The first-order valence-electron chi connectivity index (χ1n) is 6.62. The highest BCUT2D eigenvalue weighted by molar-refractivity contribution is 6.30. The van der Waals surface area contributed by atoms with Gasteiger partial charge in [-0.3, -0.25) is 0 Å². The Bertz CT molecular complexity index is 487. The van der Waals surface area contributed by atoms with Crippen molar-refractivity contribution >= 4 is 17.7 Å². The highest BCUT2D eigenvalue weighted by Gasteiger charge is 2.45. The number of aliphatic hydroxyl groups is 1. The lowest BCUT2D eigenvalue weighted by molar-refractivity contribution is -0.0973. The normalized spacial score (nSPS) is 17.6. The number of amides is 1. The van der Waals surface area contributed by atoms with E-state index in [1.807, 2.05) is 32.9 Å². The number of benzene rings is 1. The quantitative estimate of drug-likeness (QED) is 0.913. The summed E-state index contributed by atoms with van der Waals surface area (Å²) in [6, 6.07) is 7.36. The molecule has 1 heterocycles. The molecule has 0 aromatic heterocycles. The molecule has 20 heavy (non-hydrogen) atoms. The first-order chi connectivity index (χ1) is 9.17. The predicted molar refractivity (Wildman–Crippen MR) is 77.9 cm³/mol. The van der Waals surface area contributed by atoms with Crippen molar-refractivity contribution < 1.29 is 14.6 Å². The van der Waals surface area contributed by atoms with Crippen LogP contribution in [-0.2, 0) is 11.2 Å². The van der Waals surface area contributed by atoms with Crippen LogP contribution in [0.15, 0.2) is 24.3 Å². The summed E-state index contributed by atoms with van der Waals surface area (Å²) in [6.45, 7) is 6.06. The molecular weight excluding hydrogens is 278 g/mol. The number of halogens is 1. The van der Waals surface area contributed by atoms with E-state index in [0.717, 1.165) is 5.56 Å². The monoisotopic (exact) mass is 297 g/mol. The Morgan fingerprint density at radius 1 is 1.35 bits per heavy atom. The first kappa shape index (κ1) is 15.1. The summed E-state index contributed by atoms with van der Waals surface area (Å²) in [5.41, 5.74) is -0.383. The SMILES string of the molecule is CC(C)(C)OC(=O)N1CC(O)(Cc2ccc(Cl)cc2)C1. The third kappa shape index (κ3) is 3.87. The first-order valence-corrected chi connectivity index (χ1v) is 6.99. The third-order valence-electron chi connectivity index (χ3n) is 3.07. The van der Waals surface area contributed by atoms with Crippen LogP contribution in [0.4, 0.5) is 4.79 Å². The van der Waals surface area contributed by atoms with Crippen LogP contribution in [0.3, 0.4) is 0 Å². The minimum absolute atomic E-state index is 0.296. The molecule has 1 fully saturated rings. The molecule has 0 atom stereocenters. The van der Waals surface area contributed by atoms with Gasteiger partial charge >= 0.3 is 6.09 Å². The molecule has 1 aromatic carbocycles. The van der Waals surface area contributed by atoms with Crippen molar-refractivity contribution in [3.05, 3.63) is 34.9 Å². The van der Waals surface area contributed by atoms with Crippen LogP contribution < -0.4 is 0 Å². The van der Waals surface area contributed by atoms with E-state index in [1.54, 1.807) is 12.1 Å². The van der Waals surface area contributed by atoms with Gasteiger partial charge < -0.3 is 14.7 Å². The molecule has 5 heteroatoms. The van der Waals surface area contributed by atoms with E-state index in [1.165, 1.54) is 4.90 Å². The summed E-state index contributed by atoms with van der Waals surface area (Å²) in [5.74, 6) is 0. The largest absolute Gasteiger partial charge is 0.444 e. The van der Waals surface area contributed by atoms with Crippen LogP contribution in [0, 0.1) is 0 Å². The maximum Gasteiger partial charge on any atom is 0.410 e. The molecule has 1 saturated heterocycles. The Morgan fingerprint density at radius 3 is 2.40 bits per heavy atom. The molecule has 1 amide bonds. The average molecular weight is 298 g/mol. The van der Waals surface area contributed by atoms with E-state index in [9.17, 15) is 9.90 Å². The Labute approximate surface area is 124 Å². The zero-order chi connectivity index (χ0) is 15.0. The lowest BCUT2D eigenvalue weighted by Crippen LogP contribution is -2.65. The smallest absolute Gasteiger partial charge is 0.410 e. The predicted octanol–water partition coefficient (Wildman–Crippen LogP) is 2.86. The topological polar surface area (TPSA) is 49.8 Å². The number of rotatable bonds is 2. The number of carbonyl (C=O) groups excluding carboxylic acids is 1. The van der Waals surface area contributed by atoms with Crippen molar-refractivity contribution in [2.45, 2.75) is 38.4 Å². The van der Waals surface area contributed by atoms with Crippen LogP contribution in [0.1, 0.15) is 26.3 Å². The molecule has 0 radical (unpaired) electrons. The van der Waals surface area contributed by atoms with Gasteiger partial charge in [0.2, 0.25) is 0 Å². The maximum atomic E-state index is 11.8. The summed E-state index contributed by atoms with van der Waals surface area (Å²) < 4.78 is 5.26. The molecule has 0 aliphatic carbocycles. The fourth-order valence-electron chi connectivity index (χ4n) is 2.21. The van der Waals surface area contributed by atoms with Gasteiger partial charge in [0, 0.05) is 11.4 Å². The highest BCUT2D eigenvalue weighted by atomic mass is 35.5. The summed E-state index contributed by atoms with van der Waals surface area (Å²) in [6.07, 6.45) is 0.127. The highest BCUT2D eigenvalue weighted by Crippen LogP contribution is 2.27. The number of β-amino-alcohol motifs (C(OH)–C–C–N with tert-alkyl or cyclic N) is 1. The van der Waals surface area contributed by atoms with E-state index in [0.29, 0.717) is 24.5 Å². The molecule has 2 rings (SSSR count). The van der Waals surface area contributed by atoms with Gasteiger partial charge in [-0.05, 0) is 38.5 Å². The van der Waals surface area contributed by atoms with E-state index in [-0.39, 0.29) is 6.09 Å². The average Bonchev–Trinajstić information content (AvgIpc) is 2.26. The van der Waals surface area contributed by atoms with Crippen LogP contribution in [0.25, 0.3) is 0 Å². The third-order valence-corrected chi connectivity index (χ3v) is 3.32. The van der Waals surface area contributed by atoms with Gasteiger partial charge in [0.1, 0.15) is 11.2 Å². The zero-order valence-electron chi connectivity index (χ0n) is 12.0. The fourth-order valence-corrected chi connectivity index (χ4v) is 2.34. The van der Waals surface area contributed by atoms with Crippen molar-refractivity contribution in [2.75, 3.05) is 13.1 Å². The van der Waals surface area contributed by atoms with Gasteiger partial charge in [0.15, 0.2) is 0 Å². The van der Waals surface area contributed by atoms with Crippen LogP contribution in [-0.4, -0.2) is 40.4 Å². The summed E-state index contributed by atoms with van der Waals surface area (Å²) in [4.78, 5) is 13.3. The van der Waals surface area contributed by atoms with Crippen molar-refractivity contribution in [3.8, 4) is 0 Å². The van der Waals surface area contributed by atoms with E-state index < -0.39 is 11.2 Å². The second kappa shape index (κ2) is 5.26. The van der Waals surface area contributed by atoms with Crippen LogP contribution in [0.5, 0.6) is 0 Å². The van der Waals surface area contributed by atoms with Crippen molar-refractivity contribution in [3.63, 3.8) is 0 Å². The lowest BCUT2D eigenvalue weighted by Gasteiger charge is -2.46. The summed E-state index contributed by atoms with van der Waals surface area (Å²) >= 11 is 5.83. The van der Waals surface area contributed by atoms with Crippen molar-refractivity contribution in [2.24, 2.45) is 0 Å². The fraction of sp³-hybridized carbons (Fsp3) is 0.533. The number of carbonyl (C=O) groups is 1. The van der Waals surface area contributed by atoms with Crippen LogP contribution >= 0.6 is 11.6 Å². The zero-order valence-corrected chi connectivity index (χ0v) is 12.8. The Hall–Kier alpha value is -1.26. The van der Waals surface area contributed by atoms with Crippen molar-refractivity contribution in [1.29, 1.82) is 0 Å². The second-order valence-electron chi connectivity index (χ2n) is 6.36. The Balaban J connectivity index is 1.87. The number of hydrogen-bond donors (Lipinski definition) is 1. The lowest BCUT2D eigenvalue weighted by atomic mass is 9.87. The van der Waals surface area contributed by atoms with E-state index in [4.69, 9.17) is 16.3 Å². The molecule has 110 valence electrons. The summed E-state index contributed by atoms with van der Waals surface area (Å²) in [5, 5.41) is 11.0. The molecule has 1 aliphatic heterocycles. The van der Waals surface area contributed by atoms with E-state index >= 15 is 0 Å². The Kier molecular flexibility index (Phi) is 3.98. The van der Waals surface area contributed by atoms with Gasteiger partial charge in [0.25, 0.3) is 0 Å². The van der Waals surface area contributed by atoms with Gasteiger partial charge in [-0.1, -0.05) is 23.7 Å². The van der Waals surface area contributed by atoms with Gasteiger partial charge in [0.05, 0.1) is 13.1 Å². The molecule has 1 aliphatic rings. The van der Waals surface area contributed by atoms with Gasteiger partial charge in [-0.15, -0.1) is 0 Å². The number of nitrogens with zero attached hydrogens (tertiary/aromatic N) is 1. The molecule has 0 bridgehead atoms. The Morgan fingerprint density at radius 2 is 1.90 bits per heavy atom. The second-order valence-corrected chi connectivity index (χ2v) is 6.80. The molecule has 1 aromatic rings. The summed E-state index contributed by atoms with van der Waals surface area (Å²) in [7, 11) is 0. The maximum absolute atomic E-state index is 11.8. The molecular formula is C15H20ClNO3. The molecule has 0 unspecified atom stereocenters. The number of hydrogen-bond acceptors (Lipinski definition) is 3. The molecule has 1 N–H and O–H groups in total. The molecule has 0 saturated carbocycles. The number of ether oxygens (including phenoxy) is 1. The van der Waals surface area contributed by atoms with Crippen LogP contribution in [0.2, 0.25) is 5.02 Å². The van der Waals surface area contributed by atoms with Gasteiger partial charge in [-0.25, -0.2) is 4.79 Å². The molecule has 4 nitrogen and oxygen atoms in total.